The Bertz CT molecular complexity index is 903. The fraction of sp³-hybridized carbons (Fsp3) is 0.158. The van der Waals surface area contributed by atoms with Crippen LogP contribution in [0.25, 0.3) is 6.08 Å². The Morgan fingerprint density at radius 2 is 1.65 bits per heavy atom. The second-order valence-corrected chi connectivity index (χ2v) is 7.39. The summed E-state index contributed by atoms with van der Waals surface area (Å²) in [6.45, 7) is 1.49. The van der Waals surface area contributed by atoms with E-state index in [9.17, 15) is 18.0 Å². The maximum Gasteiger partial charge on any atom is 0.331 e. The average Bonchev–Trinajstić information content (AvgIpc) is 2.59. The summed E-state index contributed by atoms with van der Waals surface area (Å²) in [5.74, 6) is -0.998. The molecule has 0 radical (unpaired) electrons. The molecular formula is C19H19NO5S. The number of benzene rings is 2. The number of nitrogens with one attached hydrogen (secondary N) is 1. The molecule has 2 rings (SSSR count). The molecule has 0 aliphatic rings. The molecule has 1 atom stereocenters. The predicted octanol–water partition coefficient (Wildman–Crippen LogP) is 2.89. The monoisotopic (exact) mass is 373 g/mol. The third-order valence-electron chi connectivity index (χ3n) is 3.35. The van der Waals surface area contributed by atoms with E-state index in [4.69, 9.17) is 4.74 Å². The molecule has 0 saturated heterocycles. The molecule has 7 heteroatoms. The molecule has 0 saturated carbocycles. The largest absolute Gasteiger partial charge is 0.451 e. The maximum atomic E-state index is 12.3. The Morgan fingerprint density at radius 1 is 1.04 bits per heavy atom. The van der Waals surface area contributed by atoms with Crippen LogP contribution in [0.2, 0.25) is 0 Å². The van der Waals surface area contributed by atoms with Gasteiger partial charge in [-0.15, -0.1) is 0 Å². The number of ketones is 1. The SMILES string of the molecule is C[C@H](OC(=O)/C=C/c1ccccc1)C(=O)c1ccc(NS(C)(=O)=O)cc1. The fourth-order valence-electron chi connectivity index (χ4n) is 2.15. The Balaban J connectivity index is 1.96. The van der Waals surface area contributed by atoms with Crippen LogP contribution in [0.4, 0.5) is 5.69 Å². The van der Waals surface area contributed by atoms with Crippen molar-refractivity contribution >= 4 is 33.5 Å². The lowest BCUT2D eigenvalue weighted by molar-refractivity contribution is -0.140. The zero-order valence-corrected chi connectivity index (χ0v) is 15.2. The lowest BCUT2D eigenvalue weighted by atomic mass is 10.1. The summed E-state index contributed by atoms with van der Waals surface area (Å²) in [6.07, 6.45) is 2.94. The van der Waals surface area contributed by atoms with Gasteiger partial charge in [0.1, 0.15) is 0 Å². The molecule has 136 valence electrons. The van der Waals surface area contributed by atoms with E-state index < -0.39 is 22.1 Å². The van der Waals surface area contributed by atoms with Crippen LogP contribution in [0.5, 0.6) is 0 Å². The highest BCUT2D eigenvalue weighted by molar-refractivity contribution is 7.92. The minimum Gasteiger partial charge on any atom is -0.451 e. The van der Waals surface area contributed by atoms with Gasteiger partial charge in [0.25, 0.3) is 0 Å². The van der Waals surface area contributed by atoms with Crippen LogP contribution in [-0.2, 0) is 19.6 Å². The Hall–Kier alpha value is -2.93. The van der Waals surface area contributed by atoms with Crippen molar-refractivity contribution in [1.29, 1.82) is 0 Å². The van der Waals surface area contributed by atoms with Gasteiger partial charge in [-0.1, -0.05) is 30.3 Å². The Kier molecular flexibility index (Phi) is 6.30. The molecule has 2 aromatic rings. The van der Waals surface area contributed by atoms with Gasteiger partial charge in [0.2, 0.25) is 15.8 Å². The Morgan fingerprint density at radius 3 is 2.23 bits per heavy atom. The average molecular weight is 373 g/mol. The van der Waals surface area contributed by atoms with Crippen LogP contribution in [0, 0.1) is 0 Å². The molecule has 6 nitrogen and oxygen atoms in total. The number of ether oxygens (including phenoxy) is 1. The van der Waals surface area contributed by atoms with E-state index in [2.05, 4.69) is 4.72 Å². The summed E-state index contributed by atoms with van der Waals surface area (Å²) < 4.78 is 29.8. The Labute approximate surface area is 152 Å². The summed E-state index contributed by atoms with van der Waals surface area (Å²) in [5.41, 5.74) is 1.51. The van der Waals surface area contributed by atoms with E-state index in [1.165, 1.54) is 37.3 Å². The van der Waals surface area contributed by atoms with Crippen LogP contribution >= 0.6 is 0 Å². The molecule has 0 bridgehead atoms. The first-order valence-corrected chi connectivity index (χ1v) is 9.69. The minimum absolute atomic E-state index is 0.316. The van der Waals surface area contributed by atoms with Crippen molar-refractivity contribution in [3.8, 4) is 0 Å². The molecule has 0 aromatic heterocycles. The molecule has 0 heterocycles. The molecule has 0 fully saturated rings. The van der Waals surface area contributed by atoms with E-state index in [0.717, 1.165) is 11.8 Å². The first-order chi connectivity index (χ1) is 12.2. The number of anilines is 1. The van der Waals surface area contributed by atoms with Crippen molar-refractivity contribution in [3.63, 3.8) is 0 Å². The van der Waals surface area contributed by atoms with Gasteiger partial charge >= 0.3 is 5.97 Å². The van der Waals surface area contributed by atoms with Gasteiger partial charge in [0.05, 0.1) is 6.26 Å². The number of Topliss-reactive ketones (excluding diaryl/α,β-unsaturated/α-hetero) is 1. The summed E-state index contributed by atoms with van der Waals surface area (Å²) in [7, 11) is -3.38. The van der Waals surface area contributed by atoms with Crippen molar-refractivity contribution in [2.24, 2.45) is 0 Å². The van der Waals surface area contributed by atoms with E-state index >= 15 is 0 Å². The topological polar surface area (TPSA) is 89.5 Å². The van der Waals surface area contributed by atoms with E-state index in [1.54, 1.807) is 6.08 Å². The third kappa shape index (κ3) is 6.18. The molecular weight excluding hydrogens is 354 g/mol. The maximum absolute atomic E-state index is 12.3. The highest BCUT2D eigenvalue weighted by Gasteiger charge is 2.18. The lowest BCUT2D eigenvalue weighted by Gasteiger charge is -2.11. The van der Waals surface area contributed by atoms with Gasteiger partial charge in [0.15, 0.2) is 6.10 Å². The number of carbonyl (C=O) groups is 2. The molecule has 2 aromatic carbocycles. The summed E-state index contributed by atoms with van der Waals surface area (Å²) >= 11 is 0. The number of sulfonamides is 1. The second kappa shape index (κ2) is 8.44. The number of hydrogen-bond donors (Lipinski definition) is 1. The van der Waals surface area contributed by atoms with Crippen molar-refractivity contribution in [3.05, 3.63) is 71.8 Å². The molecule has 26 heavy (non-hydrogen) atoms. The van der Waals surface area contributed by atoms with E-state index in [0.29, 0.717) is 11.3 Å². The van der Waals surface area contributed by atoms with Gasteiger partial charge < -0.3 is 4.74 Å². The van der Waals surface area contributed by atoms with Gasteiger partial charge in [0, 0.05) is 17.3 Å². The van der Waals surface area contributed by atoms with Crippen LogP contribution < -0.4 is 4.72 Å². The number of esters is 1. The van der Waals surface area contributed by atoms with Crippen molar-refractivity contribution in [1.82, 2.24) is 0 Å². The number of hydrogen-bond acceptors (Lipinski definition) is 5. The molecule has 0 amide bonds. The molecule has 0 aliphatic carbocycles. The first kappa shape index (κ1) is 19.4. The number of carbonyl (C=O) groups excluding carboxylic acids is 2. The van der Waals surface area contributed by atoms with Gasteiger partial charge in [-0.25, -0.2) is 13.2 Å². The van der Waals surface area contributed by atoms with Crippen LogP contribution in [0.1, 0.15) is 22.8 Å². The predicted molar refractivity (Wildman–Crippen MR) is 100 cm³/mol. The highest BCUT2D eigenvalue weighted by Crippen LogP contribution is 2.13. The van der Waals surface area contributed by atoms with Gasteiger partial charge in [-0.3, -0.25) is 9.52 Å². The zero-order chi connectivity index (χ0) is 19.2. The van der Waals surface area contributed by atoms with Crippen molar-refractivity contribution in [2.75, 3.05) is 11.0 Å². The van der Waals surface area contributed by atoms with Gasteiger partial charge in [-0.05, 0) is 42.8 Å². The second-order valence-electron chi connectivity index (χ2n) is 5.64. The molecule has 0 spiro atoms. The summed E-state index contributed by atoms with van der Waals surface area (Å²) in [6, 6.07) is 15.1. The van der Waals surface area contributed by atoms with Crippen LogP contribution in [-0.4, -0.2) is 32.5 Å². The van der Waals surface area contributed by atoms with E-state index in [-0.39, 0.29) is 5.78 Å². The van der Waals surface area contributed by atoms with Crippen molar-refractivity contribution in [2.45, 2.75) is 13.0 Å². The van der Waals surface area contributed by atoms with Crippen LogP contribution in [0.15, 0.2) is 60.7 Å². The highest BCUT2D eigenvalue weighted by atomic mass is 32.2. The van der Waals surface area contributed by atoms with Crippen molar-refractivity contribution < 1.29 is 22.7 Å². The molecule has 0 unspecified atom stereocenters. The molecule has 1 N–H and O–H groups in total. The first-order valence-electron chi connectivity index (χ1n) is 7.80. The van der Waals surface area contributed by atoms with Gasteiger partial charge in [-0.2, -0.15) is 0 Å². The third-order valence-corrected chi connectivity index (χ3v) is 3.95. The smallest absolute Gasteiger partial charge is 0.331 e. The minimum atomic E-state index is -3.38. The van der Waals surface area contributed by atoms with Crippen LogP contribution in [0.3, 0.4) is 0 Å². The quantitative estimate of drug-likeness (QED) is 0.458. The summed E-state index contributed by atoms with van der Waals surface area (Å²) in [4.78, 5) is 24.1. The molecule has 0 aliphatic heterocycles. The summed E-state index contributed by atoms with van der Waals surface area (Å²) in [5, 5.41) is 0. The number of rotatable bonds is 7. The lowest BCUT2D eigenvalue weighted by Crippen LogP contribution is -2.23. The van der Waals surface area contributed by atoms with E-state index in [1.807, 2.05) is 30.3 Å². The fourth-order valence-corrected chi connectivity index (χ4v) is 2.71. The standard InChI is InChI=1S/C19H19NO5S/c1-14(25-18(21)13-8-15-6-4-3-5-7-15)19(22)16-9-11-17(12-10-16)20-26(2,23)24/h3-14,20H,1-2H3/b13-8+/t14-/m0/s1. The normalized spacial score (nSPS) is 12.5. The zero-order valence-electron chi connectivity index (χ0n) is 14.4.